The molecule has 0 spiro atoms. The van der Waals surface area contributed by atoms with Gasteiger partial charge in [0.15, 0.2) is 0 Å². The normalized spacial score (nSPS) is 26.5. The molecule has 100 valence electrons. The van der Waals surface area contributed by atoms with Gasteiger partial charge in [0.05, 0.1) is 0 Å². The van der Waals surface area contributed by atoms with Gasteiger partial charge in [0.2, 0.25) is 0 Å². The van der Waals surface area contributed by atoms with Crippen molar-refractivity contribution < 1.29 is 18.8 Å². The van der Waals surface area contributed by atoms with Gasteiger partial charge in [0.1, 0.15) is 0 Å². The number of piperidine rings is 1. The Kier molecular flexibility index (Phi) is 3.97. The number of amides is 1. The molecular formula is C10H19N2O4S-. The summed E-state index contributed by atoms with van der Waals surface area (Å²) in [6.45, 7) is 7.39. The Morgan fingerprint density at radius 3 is 2.12 bits per heavy atom. The summed E-state index contributed by atoms with van der Waals surface area (Å²) in [7, 11) is 0. The minimum Gasteiger partial charge on any atom is -0.765 e. The minimum atomic E-state index is -2.75. The highest BCUT2D eigenvalue weighted by atomic mass is 32.2. The van der Waals surface area contributed by atoms with E-state index in [1.165, 1.54) is 5.06 Å². The van der Waals surface area contributed by atoms with Crippen LogP contribution in [0, 0.1) is 0 Å². The summed E-state index contributed by atoms with van der Waals surface area (Å²) >= 11 is -2.75. The van der Waals surface area contributed by atoms with Crippen LogP contribution < -0.4 is 5.32 Å². The first kappa shape index (κ1) is 14.6. The molecule has 6 nitrogen and oxygen atoms in total. The molecule has 1 unspecified atom stereocenters. The van der Waals surface area contributed by atoms with Gasteiger partial charge in [0.25, 0.3) is 5.24 Å². The molecule has 2 N–H and O–H groups in total. The molecule has 0 bridgehead atoms. The van der Waals surface area contributed by atoms with Gasteiger partial charge in [-0.15, -0.1) is 0 Å². The van der Waals surface area contributed by atoms with Crippen molar-refractivity contribution in [2.75, 3.05) is 0 Å². The van der Waals surface area contributed by atoms with Crippen LogP contribution in [0.4, 0.5) is 4.79 Å². The fourth-order valence-corrected chi connectivity index (χ4v) is 2.85. The minimum absolute atomic E-state index is 0.256. The van der Waals surface area contributed by atoms with Gasteiger partial charge in [-0.3, -0.25) is 9.00 Å². The maximum Gasteiger partial charge on any atom is 0.296 e. The number of hydroxylamine groups is 2. The van der Waals surface area contributed by atoms with Crippen LogP contribution in [-0.2, 0) is 11.1 Å². The first-order valence-corrected chi connectivity index (χ1v) is 6.53. The maximum atomic E-state index is 11.1. The molecule has 0 saturated carbocycles. The molecule has 1 fully saturated rings. The second-order valence-corrected chi connectivity index (χ2v) is 6.55. The average Bonchev–Trinajstić information content (AvgIpc) is 2.12. The van der Waals surface area contributed by atoms with Gasteiger partial charge in [-0.25, -0.2) is 0 Å². The lowest BCUT2D eigenvalue weighted by molar-refractivity contribution is -0.245. The molecule has 1 amide bonds. The molecule has 1 atom stereocenters. The number of carbonyl (C=O) groups is 1. The van der Waals surface area contributed by atoms with E-state index in [4.69, 9.17) is 0 Å². The molecule has 1 heterocycles. The Hall–Kier alpha value is -0.500. The number of carbonyl (C=O) groups excluding carboxylic acids is 1. The SMILES string of the molecule is CC1(C)CC(NC(=O)S(=O)[O-])CC(C)(C)N1O. The van der Waals surface area contributed by atoms with Crippen molar-refractivity contribution in [3.63, 3.8) is 0 Å². The topological polar surface area (TPSA) is 92.7 Å². The van der Waals surface area contributed by atoms with Crippen molar-refractivity contribution in [3.8, 4) is 0 Å². The van der Waals surface area contributed by atoms with Crippen molar-refractivity contribution in [1.82, 2.24) is 10.4 Å². The Balaban J connectivity index is 2.78. The van der Waals surface area contributed by atoms with E-state index in [-0.39, 0.29) is 6.04 Å². The predicted molar refractivity (Wildman–Crippen MR) is 62.3 cm³/mol. The largest absolute Gasteiger partial charge is 0.765 e. The van der Waals surface area contributed by atoms with Crippen molar-refractivity contribution in [2.45, 2.75) is 57.7 Å². The van der Waals surface area contributed by atoms with Crippen LogP contribution in [0.15, 0.2) is 0 Å². The summed E-state index contributed by atoms with van der Waals surface area (Å²) in [4.78, 5) is 11.1. The number of rotatable bonds is 1. The monoisotopic (exact) mass is 263 g/mol. The van der Waals surface area contributed by atoms with E-state index in [1.54, 1.807) is 0 Å². The molecule has 0 aliphatic carbocycles. The lowest BCUT2D eigenvalue weighted by atomic mass is 9.79. The first-order valence-electron chi connectivity index (χ1n) is 5.45. The fraction of sp³-hybridized carbons (Fsp3) is 0.900. The predicted octanol–water partition coefficient (Wildman–Crippen LogP) is 0.986. The van der Waals surface area contributed by atoms with Crippen molar-refractivity contribution in [2.24, 2.45) is 0 Å². The molecule has 17 heavy (non-hydrogen) atoms. The quantitative estimate of drug-likeness (QED) is 0.688. The average molecular weight is 263 g/mol. The third-order valence-corrected chi connectivity index (χ3v) is 3.53. The summed E-state index contributed by atoms with van der Waals surface area (Å²) in [6, 6.07) is -0.256. The molecular weight excluding hydrogens is 244 g/mol. The summed E-state index contributed by atoms with van der Waals surface area (Å²) in [5.41, 5.74) is -1.02. The summed E-state index contributed by atoms with van der Waals surface area (Å²) in [5.74, 6) is 0. The highest BCUT2D eigenvalue weighted by Gasteiger charge is 2.45. The molecule has 0 aromatic rings. The van der Waals surface area contributed by atoms with Crippen LogP contribution in [-0.4, -0.2) is 41.4 Å². The van der Waals surface area contributed by atoms with E-state index in [2.05, 4.69) is 5.32 Å². The third-order valence-electron chi connectivity index (χ3n) is 3.11. The maximum absolute atomic E-state index is 11.1. The van der Waals surface area contributed by atoms with E-state index in [9.17, 15) is 18.8 Å². The Morgan fingerprint density at radius 1 is 1.35 bits per heavy atom. The molecule has 1 saturated heterocycles. The van der Waals surface area contributed by atoms with Gasteiger partial charge < -0.3 is 15.1 Å². The van der Waals surface area contributed by atoms with Crippen molar-refractivity contribution >= 4 is 16.3 Å². The van der Waals surface area contributed by atoms with Crippen LogP contribution in [0.1, 0.15) is 40.5 Å². The van der Waals surface area contributed by atoms with Crippen LogP contribution in [0.25, 0.3) is 0 Å². The number of hydrogen-bond acceptors (Lipinski definition) is 5. The molecule has 1 rings (SSSR count). The smallest absolute Gasteiger partial charge is 0.296 e. The third kappa shape index (κ3) is 3.25. The highest BCUT2D eigenvalue weighted by Crippen LogP contribution is 2.36. The van der Waals surface area contributed by atoms with Crippen LogP contribution in [0.3, 0.4) is 0 Å². The fourth-order valence-electron chi connectivity index (χ4n) is 2.59. The van der Waals surface area contributed by atoms with Gasteiger partial charge in [-0.2, -0.15) is 5.06 Å². The van der Waals surface area contributed by atoms with Crippen LogP contribution in [0.5, 0.6) is 0 Å². The van der Waals surface area contributed by atoms with Crippen molar-refractivity contribution in [1.29, 1.82) is 0 Å². The molecule has 1 aliphatic heterocycles. The molecule has 0 radical (unpaired) electrons. The van der Waals surface area contributed by atoms with E-state index in [1.807, 2.05) is 27.7 Å². The second kappa shape index (κ2) is 4.64. The zero-order valence-electron chi connectivity index (χ0n) is 10.5. The summed E-state index contributed by atoms with van der Waals surface area (Å²) < 4.78 is 21.0. The Labute approximate surface area is 104 Å². The first-order chi connectivity index (χ1) is 7.56. The molecule has 7 heteroatoms. The van der Waals surface area contributed by atoms with Gasteiger partial charge in [0, 0.05) is 28.2 Å². The van der Waals surface area contributed by atoms with E-state index >= 15 is 0 Å². The number of nitrogens with zero attached hydrogens (tertiary/aromatic N) is 1. The van der Waals surface area contributed by atoms with Crippen molar-refractivity contribution in [3.05, 3.63) is 0 Å². The second-order valence-electron chi connectivity index (χ2n) is 5.71. The molecule has 0 aromatic carbocycles. The zero-order chi connectivity index (χ0) is 13.4. The van der Waals surface area contributed by atoms with Gasteiger partial charge in [-0.05, 0) is 40.5 Å². The van der Waals surface area contributed by atoms with Crippen LogP contribution in [0.2, 0.25) is 0 Å². The van der Waals surface area contributed by atoms with E-state index in [0.29, 0.717) is 12.8 Å². The summed E-state index contributed by atoms with van der Waals surface area (Å²) in [6.07, 6.45) is 0.992. The highest BCUT2D eigenvalue weighted by molar-refractivity contribution is 7.95. The number of nitrogens with one attached hydrogen (secondary N) is 1. The molecule has 1 aliphatic rings. The zero-order valence-corrected chi connectivity index (χ0v) is 11.3. The van der Waals surface area contributed by atoms with Gasteiger partial charge >= 0.3 is 0 Å². The molecule has 0 aromatic heterocycles. The van der Waals surface area contributed by atoms with Gasteiger partial charge in [-0.1, -0.05) is 0 Å². The van der Waals surface area contributed by atoms with Crippen LogP contribution >= 0.6 is 0 Å². The lowest BCUT2D eigenvalue weighted by Gasteiger charge is -2.51. The summed E-state index contributed by atoms with van der Waals surface area (Å²) in [5, 5.41) is 12.8. The Bertz CT molecular complexity index is 325. The number of hydrogen-bond donors (Lipinski definition) is 2. The standard InChI is InChI=1S/C10H20N2O4S/c1-9(2)5-7(11-8(13)17(15)16)6-10(3,4)12(9)14/h7,14H,5-6H2,1-4H3,(H,11,13)(H,15,16)/p-1. The lowest BCUT2D eigenvalue weighted by Crippen LogP contribution is -2.63. The Morgan fingerprint density at radius 2 is 1.76 bits per heavy atom. The van der Waals surface area contributed by atoms with E-state index in [0.717, 1.165) is 0 Å². The van der Waals surface area contributed by atoms with E-state index < -0.39 is 27.4 Å².